The Balaban J connectivity index is 1.63. The number of rotatable bonds is 5. The molecule has 0 radical (unpaired) electrons. The van der Waals surface area contributed by atoms with Gasteiger partial charge in [-0.1, -0.05) is 17.7 Å². The van der Waals surface area contributed by atoms with Gasteiger partial charge in [0.2, 0.25) is 0 Å². The van der Waals surface area contributed by atoms with Crippen molar-refractivity contribution in [1.29, 1.82) is 0 Å². The van der Waals surface area contributed by atoms with Crippen molar-refractivity contribution in [3.05, 3.63) is 77.1 Å². The first kappa shape index (κ1) is 20.4. The average Bonchev–Trinajstić information content (AvgIpc) is 3.16. The molecule has 6 nitrogen and oxygen atoms in total. The number of hydrogen-bond acceptors (Lipinski definition) is 3. The van der Waals surface area contributed by atoms with E-state index in [1.807, 2.05) is 0 Å². The smallest absolute Gasteiger partial charge is 0.343 e. The highest BCUT2D eigenvalue weighted by Crippen LogP contribution is 2.16. The minimum atomic E-state index is -4.49. The summed E-state index contributed by atoms with van der Waals surface area (Å²) in [4.78, 5) is 24.1. The number of nitrogens with zero attached hydrogens (tertiary/aromatic N) is 2. The van der Waals surface area contributed by atoms with Crippen LogP contribution in [0.2, 0.25) is 5.02 Å². The van der Waals surface area contributed by atoms with Crippen LogP contribution in [-0.4, -0.2) is 34.3 Å². The van der Waals surface area contributed by atoms with Crippen LogP contribution in [0.3, 0.4) is 0 Å². The Labute approximate surface area is 168 Å². The van der Waals surface area contributed by atoms with Gasteiger partial charge in [0.05, 0.1) is 17.4 Å². The van der Waals surface area contributed by atoms with Gasteiger partial charge in [-0.15, -0.1) is 0 Å². The van der Waals surface area contributed by atoms with Gasteiger partial charge in [-0.05, 0) is 42.5 Å². The fraction of sp³-hybridized carbons (Fsp3) is 0.105. The summed E-state index contributed by atoms with van der Waals surface area (Å²) in [5, 5.41) is 9.05. The van der Waals surface area contributed by atoms with Gasteiger partial charge in [-0.2, -0.15) is 18.3 Å². The monoisotopic (exact) mass is 422 g/mol. The predicted molar refractivity (Wildman–Crippen MR) is 101 cm³/mol. The van der Waals surface area contributed by atoms with Crippen molar-refractivity contribution in [1.82, 2.24) is 15.1 Å². The van der Waals surface area contributed by atoms with Gasteiger partial charge < -0.3 is 10.6 Å². The standard InChI is InChI=1S/C19H14ClF3N4O2/c20-14-2-1-3-16(8-14)27-10-13(9-25-27)18(29)26-15-6-4-12(5-7-15)17(28)24-11-19(21,22)23/h1-10H,11H2,(H,24,28)(H,26,29). The third kappa shape index (κ3) is 5.58. The summed E-state index contributed by atoms with van der Waals surface area (Å²) in [5.41, 5.74) is 1.39. The number of amides is 2. The third-order valence-corrected chi connectivity index (χ3v) is 4.01. The van der Waals surface area contributed by atoms with Gasteiger partial charge in [0.1, 0.15) is 6.54 Å². The molecule has 1 aromatic heterocycles. The molecular formula is C19H14ClF3N4O2. The molecule has 10 heteroatoms. The van der Waals surface area contributed by atoms with Crippen LogP contribution in [0.4, 0.5) is 18.9 Å². The lowest BCUT2D eigenvalue weighted by Gasteiger charge is -2.09. The molecule has 0 aliphatic rings. The Morgan fingerprint density at radius 2 is 1.76 bits per heavy atom. The van der Waals surface area contributed by atoms with Crippen LogP contribution < -0.4 is 10.6 Å². The minimum absolute atomic E-state index is 0.0426. The van der Waals surface area contributed by atoms with Crippen LogP contribution in [0.25, 0.3) is 5.69 Å². The van der Waals surface area contributed by atoms with Crippen LogP contribution in [0.5, 0.6) is 0 Å². The van der Waals surface area contributed by atoms with E-state index in [1.54, 1.807) is 29.6 Å². The molecule has 0 saturated carbocycles. The number of halogens is 4. The minimum Gasteiger partial charge on any atom is -0.343 e. The summed E-state index contributed by atoms with van der Waals surface area (Å²) in [6.45, 7) is -1.42. The first-order valence-electron chi connectivity index (χ1n) is 8.28. The summed E-state index contributed by atoms with van der Waals surface area (Å²) < 4.78 is 38.0. The normalized spacial score (nSPS) is 11.2. The zero-order valence-electron chi connectivity index (χ0n) is 14.7. The van der Waals surface area contributed by atoms with Crippen molar-refractivity contribution >= 4 is 29.1 Å². The SMILES string of the molecule is O=C(NCC(F)(F)F)c1ccc(NC(=O)c2cnn(-c3cccc(Cl)c3)c2)cc1. The number of aromatic nitrogens is 2. The van der Waals surface area contributed by atoms with Crippen LogP contribution in [-0.2, 0) is 0 Å². The molecule has 0 aliphatic heterocycles. The summed E-state index contributed by atoms with van der Waals surface area (Å²) in [7, 11) is 0. The van der Waals surface area contributed by atoms with Gasteiger partial charge in [-0.25, -0.2) is 4.68 Å². The molecule has 0 fully saturated rings. The van der Waals surface area contributed by atoms with Crippen molar-refractivity contribution in [2.75, 3.05) is 11.9 Å². The van der Waals surface area contributed by atoms with Gasteiger partial charge in [0.25, 0.3) is 11.8 Å². The predicted octanol–water partition coefficient (Wildman–Crippen LogP) is 4.07. The second kappa shape index (κ2) is 8.36. The van der Waals surface area contributed by atoms with Gasteiger partial charge in [-0.3, -0.25) is 9.59 Å². The Kier molecular flexibility index (Phi) is 5.88. The zero-order valence-corrected chi connectivity index (χ0v) is 15.5. The van der Waals surface area contributed by atoms with Crippen molar-refractivity contribution in [3.63, 3.8) is 0 Å². The highest BCUT2D eigenvalue weighted by atomic mass is 35.5. The Hall–Kier alpha value is -3.33. The van der Waals surface area contributed by atoms with Crippen LogP contribution in [0, 0.1) is 0 Å². The molecule has 29 heavy (non-hydrogen) atoms. The van der Waals surface area contributed by atoms with E-state index in [-0.39, 0.29) is 11.1 Å². The maximum atomic E-state index is 12.4. The lowest BCUT2D eigenvalue weighted by Crippen LogP contribution is -2.33. The van der Waals surface area contributed by atoms with Crippen LogP contribution in [0.1, 0.15) is 20.7 Å². The largest absolute Gasteiger partial charge is 0.405 e. The number of carbonyl (C=O) groups is 2. The number of hydrogen-bond donors (Lipinski definition) is 2. The maximum Gasteiger partial charge on any atom is 0.405 e. The fourth-order valence-corrected chi connectivity index (χ4v) is 2.58. The molecule has 2 aromatic carbocycles. The summed E-state index contributed by atoms with van der Waals surface area (Å²) in [6.07, 6.45) is -1.58. The molecule has 0 bridgehead atoms. The van der Waals surface area contributed by atoms with E-state index in [1.165, 1.54) is 41.3 Å². The second-order valence-electron chi connectivity index (χ2n) is 5.98. The molecule has 0 saturated heterocycles. The van der Waals surface area contributed by atoms with Crippen LogP contribution >= 0.6 is 11.6 Å². The molecule has 2 amide bonds. The van der Waals surface area contributed by atoms with Crippen molar-refractivity contribution in [2.24, 2.45) is 0 Å². The van der Waals surface area contributed by atoms with E-state index in [0.29, 0.717) is 16.4 Å². The van der Waals surface area contributed by atoms with E-state index in [9.17, 15) is 22.8 Å². The lowest BCUT2D eigenvalue weighted by atomic mass is 10.2. The van der Waals surface area contributed by atoms with Gasteiger partial charge in [0, 0.05) is 22.5 Å². The second-order valence-corrected chi connectivity index (χ2v) is 6.42. The first-order chi connectivity index (χ1) is 13.7. The molecule has 150 valence electrons. The molecule has 0 unspecified atom stereocenters. The number of nitrogens with one attached hydrogen (secondary N) is 2. The number of alkyl halides is 3. The van der Waals surface area contributed by atoms with E-state index in [0.717, 1.165) is 0 Å². The van der Waals surface area contributed by atoms with E-state index >= 15 is 0 Å². The zero-order chi connectivity index (χ0) is 21.0. The van der Waals surface area contributed by atoms with E-state index in [4.69, 9.17) is 11.6 Å². The highest BCUT2D eigenvalue weighted by Gasteiger charge is 2.27. The Morgan fingerprint density at radius 3 is 2.41 bits per heavy atom. The van der Waals surface area contributed by atoms with Crippen LogP contribution in [0.15, 0.2) is 60.9 Å². The molecule has 2 N–H and O–H groups in total. The van der Waals surface area contributed by atoms with Crippen molar-refractivity contribution in [2.45, 2.75) is 6.18 Å². The number of anilines is 1. The highest BCUT2D eigenvalue weighted by molar-refractivity contribution is 6.30. The third-order valence-electron chi connectivity index (χ3n) is 3.77. The Bertz CT molecular complexity index is 1030. The summed E-state index contributed by atoms with van der Waals surface area (Å²) >= 11 is 5.94. The molecule has 3 aromatic rings. The molecule has 0 atom stereocenters. The quantitative estimate of drug-likeness (QED) is 0.650. The average molecular weight is 423 g/mol. The van der Waals surface area contributed by atoms with Crippen molar-refractivity contribution < 1.29 is 22.8 Å². The van der Waals surface area contributed by atoms with E-state index in [2.05, 4.69) is 10.4 Å². The lowest BCUT2D eigenvalue weighted by molar-refractivity contribution is -0.123. The topological polar surface area (TPSA) is 76.0 Å². The summed E-state index contributed by atoms with van der Waals surface area (Å²) in [5.74, 6) is -1.30. The Morgan fingerprint density at radius 1 is 1.03 bits per heavy atom. The molecule has 0 spiro atoms. The molecule has 1 heterocycles. The maximum absolute atomic E-state index is 12.4. The molecule has 3 rings (SSSR count). The number of benzene rings is 2. The van der Waals surface area contributed by atoms with Gasteiger partial charge in [0.15, 0.2) is 0 Å². The van der Waals surface area contributed by atoms with Crippen molar-refractivity contribution in [3.8, 4) is 5.69 Å². The first-order valence-corrected chi connectivity index (χ1v) is 8.66. The summed E-state index contributed by atoms with van der Waals surface area (Å²) in [6, 6.07) is 12.4. The van der Waals surface area contributed by atoms with Gasteiger partial charge >= 0.3 is 6.18 Å². The fourth-order valence-electron chi connectivity index (χ4n) is 2.39. The van der Waals surface area contributed by atoms with E-state index < -0.39 is 24.5 Å². The molecular weight excluding hydrogens is 409 g/mol. The number of carbonyl (C=O) groups excluding carboxylic acids is 2. The molecule has 0 aliphatic carbocycles.